The van der Waals surface area contributed by atoms with Gasteiger partial charge in [-0.2, -0.15) is 0 Å². The molecule has 3 rings (SSSR count). The Balaban J connectivity index is 1.59. The van der Waals surface area contributed by atoms with Crippen LogP contribution in [-0.4, -0.2) is 12.5 Å². The molecular formula is C16H16BrNOS. The lowest BCUT2D eigenvalue weighted by atomic mass is 10.1. The largest absolute Gasteiger partial charge is 0.350 e. The Hall–Kier alpha value is -1.13. The number of fused-ring (bicyclic) bond motifs is 1. The number of rotatable bonds is 4. The molecule has 0 saturated heterocycles. The van der Waals surface area contributed by atoms with Crippen LogP contribution in [0.15, 0.2) is 36.4 Å². The lowest BCUT2D eigenvalue weighted by Gasteiger charge is -2.10. The van der Waals surface area contributed by atoms with E-state index in [-0.39, 0.29) is 10.7 Å². The molecule has 0 aliphatic heterocycles. The van der Waals surface area contributed by atoms with Crippen molar-refractivity contribution < 1.29 is 4.79 Å². The molecule has 1 aromatic heterocycles. The topological polar surface area (TPSA) is 29.1 Å². The first kappa shape index (κ1) is 13.8. The molecule has 1 aromatic carbocycles. The summed E-state index contributed by atoms with van der Waals surface area (Å²) < 4.78 is 0. The number of carbonyl (C=O) groups excluding carboxylic acids is 1. The minimum absolute atomic E-state index is 0.0461. The van der Waals surface area contributed by atoms with Crippen molar-refractivity contribution >= 4 is 33.2 Å². The Morgan fingerprint density at radius 2 is 2.10 bits per heavy atom. The summed E-state index contributed by atoms with van der Waals surface area (Å²) in [5.41, 5.74) is 2.56. The van der Waals surface area contributed by atoms with Crippen molar-refractivity contribution in [3.8, 4) is 0 Å². The first-order chi connectivity index (χ1) is 9.74. The van der Waals surface area contributed by atoms with Crippen LogP contribution >= 0.6 is 27.3 Å². The maximum atomic E-state index is 12.2. The summed E-state index contributed by atoms with van der Waals surface area (Å²) in [4.78, 5) is 14.6. The van der Waals surface area contributed by atoms with Crippen LogP contribution in [0.5, 0.6) is 0 Å². The summed E-state index contributed by atoms with van der Waals surface area (Å²) in [6.07, 6.45) is 3.50. The van der Waals surface area contributed by atoms with Gasteiger partial charge in [0, 0.05) is 11.4 Å². The van der Waals surface area contributed by atoms with Crippen molar-refractivity contribution in [1.29, 1.82) is 0 Å². The van der Waals surface area contributed by atoms with Gasteiger partial charge in [0.25, 0.3) is 5.91 Å². The molecule has 1 aliphatic carbocycles. The van der Waals surface area contributed by atoms with Gasteiger partial charge in [0.05, 0.1) is 9.70 Å². The second-order valence-electron chi connectivity index (χ2n) is 5.00. The summed E-state index contributed by atoms with van der Waals surface area (Å²) in [5, 5.41) is 3.01. The number of hydrogen-bond donors (Lipinski definition) is 1. The van der Waals surface area contributed by atoms with Crippen LogP contribution in [0.4, 0.5) is 0 Å². The van der Waals surface area contributed by atoms with Crippen LogP contribution in [-0.2, 0) is 12.8 Å². The third-order valence-corrected chi connectivity index (χ3v) is 5.66. The monoisotopic (exact) mass is 349 g/mol. The van der Waals surface area contributed by atoms with Crippen LogP contribution in [0.3, 0.4) is 0 Å². The molecule has 20 heavy (non-hydrogen) atoms. The molecule has 1 unspecified atom stereocenters. The zero-order valence-corrected chi connectivity index (χ0v) is 13.5. The van der Waals surface area contributed by atoms with Crippen molar-refractivity contribution in [3.63, 3.8) is 0 Å². The van der Waals surface area contributed by atoms with Gasteiger partial charge in [0.1, 0.15) is 0 Å². The second-order valence-corrected chi connectivity index (χ2v) is 7.24. The van der Waals surface area contributed by atoms with E-state index in [4.69, 9.17) is 0 Å². The number of carbonyl (C=O) groups is 1. The summed E-state index contributed by atoms with van der Waals surface area (Å²) in [6, 6.07) is 12.2. The first-order valence-electron chi connectivity index (χ1n) is 6.83. The van der Waals surface area contributed by atoms with E-state index >= 15 is 0 Å². The zero-order valence-electron chi connectivity index (χ0n) is 11.1. The highest BCUT2D eigenvalue weighted by molar-refractivity contribution is 9.09. The van der Waals surface area contributed by atoms with E-state index in [1.165, 1.54) is 22.4 Å². The smallest absolute Gasteiger partial charge is 0.261 e. The molecule has 0 saturated carbocycles. The van der Waals surface area contributed by atoms with Gasteiger partial charge in [-0.15, -0.1) is 11.3 Å². The summed E-state index contributed by atoms with van der Waals surface area (Å²) >= 11 is 5.27. The standard InChI is InChI=1S/C16H16BrNOS/c17-13(11-5-2-1-3-6-11)10-18-16(19)15-9-12-7-4-8-14(12)20-15/h1-3,5-6,9,13H,4,7-8,10H2,(H,18,19). The SMILES string of the molecule is O=C(NCC(Br)c1ccccc1)c1cc2c(s1)CCC2. The molecule has 4 heteroatoms. The van der Waals surface area contributed by atoms with E-state index in [0.29, 0.717) is 6.54 Å². The average molecular weight is 350 g/mol. The Kier molecular flexibility index (Phi) is 4.22. The van der Waals surface area contributed by atoms with E-state index in [1.54, 1.807) is 11.3 Å². The maximum Gasteiger partial charge on any atom is 0.261 e. The molecular weight excluding hydrogens is 334 g/mol. The number of amides is 1. The quantitative estimate of drug-likeness (QED) is 0.827. The number of thiophene rings is 1. The molecule has 2 nitrogen and oxygen atoms in total. The number of alkyl halides is 1. The van der Waals surface area contributed by atoms with E-state index in [9.17, 15) is 4.79 Å². The fourth-order valence-corrected chi connectivity index (χ4v) is 4.13. The Bertz CT molecular complexity index is 587. The Morgan fingerprint density at radius 1 is 1.30 bits per heavy atom. The van der Waals surface area contributed by atoms with E-state index < -0.39 is 0 Å². The number of nitrogens with one attached hydrogen (secondary N) is 1. The molecule has 2 aromatic rings. The maximum absolute atomic E-state index is 12.2. The third kappa shape index (κ3) is 2.96. The van der Waals surface area contributed by atoms with Gasteiger partial charge in [-0.1, -0.05) is 46.3 Å². The van der Waals surface area contributed by atoms with Gasteiger partial charge in [0.15, 0.2) is 0 Å². The van der Waals surface area contributed by atoms with Crippen molar-refractivity contribution in [2.75, 3.05) is 6.54 Å². The molecule has 0 fully saturated rings. The number of benzene rings is 1. The number of halogens is 1. The van der Waals surface area contributed by atoms with Crippen LogP contribution < -0.4 is 5.32 Å². The molecule has 0 spiro atoms. The minimum atomic E-state index is 0.0461. The average Bonchev–Trinajstić information content (AvgIpc) is 3.06. The van der Waals surface area contributed by atoms with E-state index in [2.05, 4.69) is 39.4 Å². The lowest BCUT2D eigenvalue weighted by Crippen LogP contribution is -2.26. The fourth-order valence-electron chi connectivity index (χ4n) is 2.49. The second kappa shape index (κ2) is 6.10. The third-order valence-electron chi connectivity index (χ3n) is 3.57. The van der Waals surface area contributed by atoms with Gasteiger partial charge in [-0.05, 0) is 36.5 Å². The highest BCUT2D eigenvalue weighted by Gasteiger charge is 2.18. The highest BCUT2D eigenvalue weighted by atomic mass is 79.9. The van der Waals surface area contributed by atoms with Gasteiger partial charge >= 0.3 is 0 Å². The van der Waals surface area contributed by atoms with Gasteiger partial charge < -0.3 is 5.32 Å². The minimum Gasteiger partial charge on any atom is -0.350 e. The van der Waals surface area contributed by atoms with E-state index in [1.807, 2.05) is 18.2 Å². The van der Waals surface area contributed by atoms with Crippen molar-refractivity contribution in [1.82, 2.24) is 5.32 Å². The van der Waals surface area contributed by atoms with Gasteiger partial charge in [-0.3, -0.25) is 4.79 Å². The summed E-state index contributed by atoms with van der Waals surface area (Å²) in [7, 11) is 0. The first-order valence-corrected chi connectivity index (χ1v) is 8.56. The Morgan fingerprint density at radius 3 is 2.85 bits per heavy atom. The molecule has 1 atom stereocenters. The van der Waals surface area contributed by atoms with Crippen LogP contribution in [0.25, 0.3) is 0 Å². The fraction of sp³-hybridized carbons (Fsp3) is 0.312. The molecule has 0 bridgehead atoms. The normalized spacial score (nSPS) is 14.8. The van der Waals surface area contributed by atoms with Crippen molar-refractivity contribution in [2.45, 2.75) is 24.1 Å². The molecule has 1 aliphatic rings. The molecule has 1 N–H and O–H groups in total. The highest BCUT2D eigenvalue weighted by Crippen LogP contribution is 2.30. The Labute approximate surface area is 131 Å². The number of aryl methyl sites for hydroxylation is 2. The van der Waals surface area contributed by atoms with Crippen molar-refractivity contribution in [2.24, 2.45) is 0 Å². The molecule has 104 valence electrons. The zero-order chi connectivity index (χ0) is 13.9. The molecule has 1 amide bonds. The molecule has 0 radical (unpaired) electrons. The van der Waals surface area contributed by atoms with Gasteiger partial charge in [0.2, 0.25) is 0 Å². The molecule has 1 heterocycles. The summed E-state index contributed by atoms with van der Waals surface area (Å²) in [5.74, 6) is 0.0461. The lowest BCUT2D eigenvalue weighted by molar-refractivity contribution is 0.0958. The van der Waals surface area contributed by atoms with E-state index in [0.717, 1.165) is 17.7 Å². The van der Waals surface area contributed by atoms with Crippen LogP contribution in [0, 0.1) is 0 Å². The summed E-state index contributed by atoms with van der Waals surface area (Å²) in [6.45, 7) is 0.603. The predicted octanol–water partition coefficient (Wildman–Crippen LogP) is 4.10. The number of hydrogen-bond acceptors (Lipinski definition) is 2. The van der Waals surface area contributed by atoms with Crippen molar-refractivity contribution in [3.05, 3.63) is 57.3 Å². The van der Waals surface area contributed by atoms with Crippen LogP contribution in [0.1, 0.15) is 36.9 Å². The van der Waals surface area contributed by atoms with Gasteiger partial charge in [-0.25, -0.2) is 0 Å². The van der Waals surface area contributed by atoms with Crippen LogP contribution in [0.2, 0.25) is 0 Å². The predicted molar refractivity (Wildman–Crippen MR) is 86.8 cm³/mol.